The van der Waals surface area contributed by atoms with Gasteiger partial charge in [-0.1, -0.05) is 90.3 Å². The molecule has 0 radical (unpaired) electrons. The number of rotatable bonds is 4. The summed E-state index contributed by atoms with van der Waals surface area (Å²) in [5.41, 5.74) is 0.773. The van der Waals surface area contributed by atoms with E-state index in [0.717, 1.165) is 15.7 Å². The number of furan rings is 1. The van der Waals surface area contributed by atoms with Crippen LogP contribution in [0.25, 0.3) is 16.8 Å². The van der Waals surface area contributed by atoms with Gasteiger partial charge in [0.15, 0.2) is 9.41 Å². The molecule has 6 heteroatoms. The van der Waals surface area contributed by atoms with Crippen molar-refractivity contribution in [3.8, 4) is 0 Å². The van der Waals surface area contributed by atoms with E-state index in [1.54, 1.807) is 22.7 Å². The zero-order valence-electron chi connectivity index (χ0n) is 15.6. The number of para-hydroxylation sites is 1. The van der Waals surface area contributed by atoms with Gasteiger partial charge in [0, 0.05) is 11.0 Å². The summed E-state index contributed by atoms with van der Waals surface area (Å²) >= 11 is 8.28. The third-order valence-corrected chi connectivity index (χ3v) is 6.94. The van der Waals surface area contributed by atoms with E-state index in [2.05, 4.69) is 24.3 Å². The summed E-state index contributed by atoms with van der Waals surface area (Å²) in [6.45, 7) is 0. The molecule has 0 saturated carbocycles. The van der Waals surface area contributed by atoms with Crippen molar-refractivity contribution in [2.75, 3.05) is 4.90 Å². The average molecular weight is 446 g/mol. The normalized spacial score (nSPS) is 15.5. The van der Waals surface area contributed by atoms with Crippen molar-refractivity contribution in [1.29, 1.82) is 0 Å². The molecule has 3 aromatic carbocycles. The Kier molecular flexibility index (Phi) is 5.21. The van der Waals surface area contributed by atoms with Crippen LogP contribution in [-0.2, 0) is 4.79 Å². The fourth-order valence-corrected chi connectivity index (χ4v) is 5.47. The predicted octanol–water partition coefficient (Wildman–Crippen LogP) is 6.99. The van der Waals surface area contributed by atoms with Gasteiger partial charge in [0.1, 0.15) is 5.76 Å². The SMILES string of the molecule is O=C1C(=Cc2ccc(Sc3cccc4ccccc34)o2)SC(=S)N1c1ccccc1. The van der Waals surface area contributed by atoms with E-state index >= 15 is 0 Å². The van der Waals surface area contributed by atoms with Crippen molar-refractivity contribution in [2.24, 2.45) is 0 Å². The fourth-order valence-electron chi connectivity index (χ4n) is 3.26. The van der Waals surface area contributed by atoms with Gasteiger partial charge < -0.3 is 4.42 Å². The Morgan fingerprint density at radius 1 is 0.900 bits per heavy atom. The largest absolute Gasteiger partial charge is 0.450 e. The maximum atomic E-state index is 12.9. The van der Waals surface area contributed by atoms with Gasteiger partial charge in [0.05, 0.1) is 10.6 Å². The lowest BCUT2D eigenvalue weighted by atomic mass is 10.1. The molecule has 146 valence electrons. The highest BCUT2D eigenvalue weighted by molar-refractivity contribution is 8.27. The molecule has 1 amide bonds. The zero-order chi connectivity index (χ0) is 20.5. The predicted molar refractivity (Wildman–Crippen MR) is 129 cm³/mol. The van der Waals surface area contributed by atoms with Crippen LogP contribution < -0.4 is 4.90 Å². The monoisotopic (exact) mass is 445 g/mol. The Labute approximate surface area is 187 Å². The van der Waals surface area contributed by atoms with Crippen molar-refractivity contribution < 1.29 is 9.21 Å². The minimum atomic E-state index is -0.129. The molecule has 1 aliphatic heterocycles. The van der Waals surface area contributed by atoms with Crippen molar-refractivity contribution in [3.05, 3.63) is 95.6 Å². The van der Waals surface area contributed by atoms with Gasteiger partial charge >= 0.3 is 0 Å². The van der Waals surface area contributed by atoms with Crippen molar-refractivity contribution in [2.45, 2.75) is 9.99 Å². The number of carbonyl (C=O) groups is 1. The maximum Gasteiger partial charge on any atom is 0.270 e. The number of fused-ring (bicyclic) bond motifs is 1. The molecule has 3 nitrogen and oxygen atoms in total. The number of carbonyl (C=O) groups excluding carboxylic acids is 1. The molecule has 30 heavy (non-hydrogen) atoms. The zero-order valence-corrected chi connectivity index (χ0v) is 18.1. The first-order valence-corrected chi connectivity index (χ1v) is 11.3. The summed E-state index contributed by atoms with van der Waals surface area (Å²) in [4.78, 5) is 16.1. The topological polar surface area (TPSA) is 33.5 Å². The molecule has 1 fully saturated rings. The quantitative estimate of drug-likeness (QED) is 0.250. The summed E-state index contributed by atoms with van der Waals surface area (Å²) in [5, 5.41) is 3.15. The Morgan fingerprint density at radius 3 is 2.53 bits per heavy atom. The van der Waals surface area contributed by atoms with Crippen LogP contribution >= 0.6 is 35.7 Å². The summed E-state index contributed by atoms with van der Waals surface area (Å²) in [6.07, 6.45) is 1.76. The first-order chi connectivity index (χ1) is 14.7. The summed E-state index contributed by atoms with van der Waals surface area (Å²) < 4.78 is 6.50. The standard InChI is InChI=1S/C24H15NO2S3/c26-23-21(30-24(28)25(23)17-9-2-1-3-10-17)15-18-13-14-22(27-18)29-20-12-6-8-16-7-4-5-11-19(16)20/h1-15H. The molecule has 4 aromatic rings. The minimum Gasteiger partial charge on any atom is -0.450 e. The van der Waals surface area contributed by atoms with E-state index in [4.69, 9.17) is 16.6 Å². The molecule has 0 spiro atoms. The van der Waals surface area contributed by atoms with Gasteiger partial charge in [0.25, 0.3) is 5.91 Å². The van der Waals surface area contributed by atoms with E-state index < -0.39 is 0 Å². The first kappa shape index (κ1) is 19.2. The molecule has 5 rings (SSSR count). The summed E-state index contributed by atoms with van der Waals surface area (Å²) in [6, 6.07) is 27.8. The van der Waals surface area contributed by atoms with Crippen LogP contribution in [0.4, 0.5) is 5.69 Å². The van der Waals surface area contributed by atoms with Crippen LogP contribution in [0, 0.1) is 0 Å². The second-order valence-corrected chi connectivity index (χ2v) is 9.31. The van der Waals surface area contributed by atoms with E-state index in [1.165, 1.54) is 22.5 Å². The third-order valence-electron chi connectivity index (χ3n) is 4.64. The van der Waals surface area contributed by atoms with E-state index in [-0.39, 0.29) is 5.91 Å². The number of thiocarbonyl (C=S) groups is 1. The van der Waals surface area contributed by atoms with Crippen LogP contribution in [0.3, 0.4) is 0 Å². The average Bonchev–Trinajstić information content (AvgIpc) is 3.32. The number of hydrogen-bond acceptors (Lipinski definition) is 5. The Morgan fingerprint density at radius 2 is 1.67 bits per heavy atom. The lowest BCUT2D eigenvalue weighted by Crippen LogP contribution is -2.27. The molecule has 1 aliphatic rings. The van der Waals surface area contributed by atoms with Gasteiger partial charge in [-0.15, -0.1) is 0 Å². The molecule has 0 aliphatic carbocycles. The Bertz CT molecular complexity index is 1290. The van der Waals surface area contributed by atoms with Crippen LogP contribution in [0.2, 0.25) is 0 Å². The molecule has 2 heterocycles. The number of amides is 1. The van der Waals surface area contributed by atoms with Gasteiger partial charge in [-0.3, -0.25) is 9.69 Å². The third kappa shape index (κ3) is 3.69. The molecule has 0 atom stereocenters. The Balaban J connectivity index is 1.39. The summed E-state index contributed by atoms with van der Waals surface area (Å²) in [7, 11) is 0. The molecular formula is C24H15NO2S3. The number of hydrogen-bond donors (Lipinski definition) is 0. The van der Waals surface area contributed by atoms with E-state index in [1.807, 2.05) is 60.7 Å². The lowest BCUT2D eigenvalue weighted by Gasteiger charge is -2.13. The highest BCUT2D eigenvalue weighted by Gasteiger charge is 2.33. The number of nitrogens with zero attached hydrogens (tertiary/aromatic N) is 1. The van der Waals surface area contributed by atoms with Gasteiger partial charge in [-0.2, -0.15) is 0 Å². The summed E-state index contributed by atoms with van der Waals surface area (Å²) in [5.74, 6) is 0.502. The van der Waals surface area contributed by atoms with Gasteiger partial charge in [-0.25, -0.2) is 0 Å². The molecule has 1 aromatic heterocycles. The second-order valence-electron chi connectivity index (χ2n) is 6.59. The Hall–Kier alpha value is -2.80. The molecular weight excluding hydrogens is 430 g/mol. The maximum absolute atomic E-state index is 12.9. The molecule has 0 bridgehead atoms. The highest BCUT2D eigenvalue weighted by Crippen LogP contribution is 2.38. The van der Waals surface area contributed by atoms with Crippen LogP contribution in [0.15, 0.2) is 104 Å². The van der Waals surface area contributed by atoms with E-state index in [0.29, 0.717) is 15.0 Å². The van der Waals surface area contributed by atoms with E-state index in [9.17, 15) is 4.79 Å². The molecule has 0 unspecified atom stereocenters. The molecule has 1 saturated heterocycles. The van der Waals surface area contributed by atoms with Crippen molar-refractivity contribution in [3.63, 3.8) is 0 Å². The highest BCUT2D eigenvalue weighted by atomic mass is 32.2. The number of thioether (sulfide) groups is 1. The first-order valence-electron chi connectivity index (χ1n) is 9.27. The van der Waals surface area contributed by atoms with Crippen LogP contribution in [0.1, 0.15) is 5.76 Å². The van der Waals surface area contributed by atoms with Gasteiger partial charge in [-0.05, 0) is 41.1 Å². The van der Waals surface area contributed by atoms with Gasteiger partial charge in [0.2, 0.25) is 0 Å². The second kappa shape index (κ2) is 8.14. The van der Waals surface area contributed by atoms with Crippen molar-refractivity contribution in [1.82, 2.24) is 0 Å². The van der Waals surface area contributed by atoms with Crippen LogP contribution in [-0.4, -0.2) is 10.2 Å². The van der Waals surface area contributed by atoms with Crippen molar-refractivity contribution >= 4 is 68.5 Å². The number of benzene rings is 3. The number of anilines is 1. The lowest BCUT2D eigenvalue weighted by molar-refractivity contribution is -0.113. The molecule has 0 N–H and O–H groups in total. The smallest absolute Gasteiger partial charge is 0.270 e. The minimum absolute atomic E-state index is 0.129. The fraction of sp³-hybridized carbons (Fsp3) is 0. The van der Waals surface area contributed by atoms with Crippen LogP contribution in [0.5, 0.6) is 0 Å².